The molecule has 1 atom stereocenters. The molecule has 0 amide bonds. The maximum Gasteiger partial charge on any atom is 0.0178 e. The van der Waals surface area contributed by atoms with E-state index in [-0.39, 0.29) is 0 Å². The van der Waals surface area contributed by atoms with Gasteiger partial charge in [0.2, 0.25) is 0 Å². The summed E-state index contributed by atoms with van der Waals surface area (Å²) in [5.74, 6) is 0. The third kappa shape index (κ3) is 4.08. The Bertz CT molecular complexity index is 172. The molecule has 0 radical (unpaired) electrons. The Morgan fingerprint density at radius 3 is 2.19 bits per heavy atom. The zero-order chi connectivity index (χ0) is 11.9. The minimum Gasteiger partial charge on any atom is -0.298 e. The van der Waals surface area contributed by atoms with Crippen molar-refractivity contribution in [3.8, 4) is 0 Å². The fraction of sp³-hybridized carbons (Fsp3) is 1.00. The Balaban J connectivity index is 2.35. The van der Waals surface area contributed by atoms with E-state index >= 15 is 0 Å². The zero-order valence-electron chi connectivity index (χ0n) is 11.7. The summed E-state index contributed by atoms with van der Waals surface area (Å²) >= 11 is 0. The van der Waals surface area contributed by atoms with Crippen LogP contribution in [0.3, 0.4) is 0 Å². The van der Waals surface area contributed by atoms with Crippen LogP contribution in [0.5, 0.6) is 0 Å². The quantitative estimate of drug-likeness (QED) is 0.572. The van der Waals surface area contributed by atoms with Crippen molar-refractivity contribution in [3.63, 3.8) is 0 Å². The molecule has 0 N–H and O–H groups in total. The first-order valence-corrected chi connectivity index (χ1v) is 7.48. The number of likely N-dealkylation sites (tertiary alicyclic amines) is 1. The molecule has 1 unspecified atom stereocenters. The van der Waals surface area contributed by atoms with E-state index in [1.807, 2.05) is 0 Å². The van der Waals surface area contributed by atoms with Crippen LogP contribution in [0, 0.1) is 0 Å². The molecule has 1 saturated heterocycles. The summed E-state index contributed by atoms with van der Waals surface area (Å²) in [6, 6.07) is 0. The molecule has 1 aliphatic rings. The van der Waals surface area contributed by atoms with E-state index in [2.05, 4.69) is 25.7 Å². The number of nitrogens with zero attached hydrogens (tertiary/aromatic N) is 1. The van der Waals surface area contributed by atoms with Crippen LogP contribution in [0.15, 0.2) is 0 Å². The second kappa shape index (κ2) is 7.32. The van der Waals surface area contributed by atoms with Crippen molar-refractivity contribution in [1.29, 1.82) is 0 Å². The number of rotatable bonds is 7. The summed E-state index contributed by atoms with van der Waals surface area (Å²) in [6.07, 6.45) is 12.6. The zero-order valence-corrected chi connectivity index (χ0v) is 11.7. The predicted octanol–water partition coefficient (Wildman–Crippen LogP) is 4.61. The molecule has 96 valence electrons. The molecule has 0 bridgehead atoms. The summed E-state index contributed by atoms with van der Waals surface area (Å²) < 4.78 is 0. The van der Waals surface area contributed by atoms with E-state index in [0.717, 1.165) is 0 Å². The normalized spacial score (nSPS) is 21.9. The first-order valence-electron chi connectivity index (χ1n) is 7.48. The average molecular weight is 225 g/mol. The summed E-state index contributed by atoms with van der Waals surface area (Å²) in [6.45, 7) is 9.85. The van der Waals surface area contributed by atoms with Crippen LogP contribution in [-0.4, -0.2) is 23.5 Å². The molecule has 0 aromatic rings. The van der Waals surface area contributed by atoms with E-state index in [4.69, 9.17) is 0 Å². The SMILES string of the molecule is CCCCCCC(C)(CC)N1CCCCC1. The van der Waals surface area contributed by atoms with E-state index in [9.17, 15) is 0 Å². The third-order valence-electron chi connectivity index (χ3n) is 4.45. The minimum atomic E-state index is 0.494. The lowest BCUT2D eigenvalue weighted by Gasteiger charge is -2.43. The van der Waals surface area contributed by atoms with Gasteiger partial charge in [-0.2, -0.15) is 0 Å². The number of hydrogen-bond acceptors (Lipinski definition) is 1. The second-order valence-corrected chi connectivity index (χ2v) is 5.71. The van der Waals surface area contributed by atoms with Gasteiger partial charge in [0, 0.05) is 5.54 Å². The summed E-state index contributed by atoms with van der Waals surface area (Å²) in [5, 5.41) is 0. The van der Waals surface area contributed by atoms with Gasteiger partial charge in [0.1, 0.15) is 0 Å². The van der Waals surface area contributed by atoms with E-state index in [1.165, 1.54) is 70.9 Å². The molecule has 16 heavy (non-hydrogen) atoms. The molecule has 1 fully saturated rings. The molecule has 1 heteroatoms. The predicted molar refractivity (Wildman–Crippen MR) is 72.9 cm³/mol. The van der Waals surface area contributed by atoms with Gasteiger partial charge < -0.3 is 0 Å². The molecule has 0 aromatic heterocycles. The van der Waals surface area contributed by atoms with E-state index < -0.39 is 0 Å². The van der Waals surface area contributed by atoms with Crippen molar-refractivity contribution in [2.24, 2.45) is 0 Å². The Hall–Kier alpha value is -0.0400. The molecule has 1 nitrogen and oxygen atoms in total. The Kier molecular flexibility index (Phi) is 6.41. The molecule has 1 rings (SSSR count). The standard InChI is InChI=1S/C15H31N/c1-4-6-7-9-12-15(3,5-2)16-13-10-8-11-14-16/h4-14H2,1-3H3. The Morgan fingerprint density at radius 2 is 1.62 bits per heavy atom. The first-order chi connectivity index (χ1) is 7.73. The van der Waals surface area contributed by atoms with Gasteiger partial charge in [0.05, 0.1) is 0 Å². The molecule has 0 spiro atoms. The smallest absolute Gasteiger partial charge is 0.0178 e. The maximum absolute atomic E-state index is 2.77. The maximum atomic E-state index is 2.77. The number of hydrogen-bond donors (Lipinski definition) is 0. The first kappa shape index (κ1) is 14.0. The molecule has 1 heterocycles. The number of unbranched alkanes of at least 4 members (excludes halogenated alkanes) is 3. The van der Waals surface area contributed by atoms with Crippen molar-refractivity contribution >= 4 is 0 Å². The van der Waals surface area contributed by atoms with Gasteiger partial charge in [-0.3, -0.25) is 4.90 Å². The van der Waals surface area contributed by atoms with Crippen molar-refractivity contribution in [1.82, 2.24) is 4.90 Å². The van der Waals surface area contributed by atoms with Crippen LogP contribution in [0.1, 0.15) is 78.6 Å². The highest BCUT2D eigenvalue weighted by Gasteiger charge is 2.29. The molecular weight excluding hydrogens is 194 g/mol. The van der Waals surface area contributed by atoms with Crippen LogP contribution in [0.4, 0.5) is 0 Å². The van der Waals surface area contributed by atoms with Gasteiger partial charge in [0.15, 0.2) is 0 Å². The van der Waals surface area contributed by atoms with E-state index in [1.54, 1.807) is 0 Å². The molecule has 0 aromatic carbocycles. The fourth-order valence-electron chi connectivity index (χ4n) is 2.92. The van der Waals surface area contributed by atoms with Crippen molar-refractivity contribution < 1.29 is 0 Å². The highest BCUT2D eigenvalue weighted by Crippen LogP contribution is 2.29. The Labute approximate surface area is 103 Å². The van der Waals surface area contributed by atoms with Gasteiger partial charge in [-0.25, -0.2) is 0 Å². The largest absolute Gasteiger partial charge is 0.298 e. The van der Waals surface area contributed by atoms with Crippen LogP contribution in [0.25, 0.3) is 0 Å². The van der Waals surface area contributed by atoms with Crippen LogP contribution in [0.2, 0.25) is 0 Å². The van der Waals surface area contributed by atoms with Gasteiger partial charge >= 0.3 is 0 Å². The monoisotopic (exact) mass is 225 g/mol. The highest BCUT2D eigenvalue weighted by atomic mass is 15.2. The van der Waals surface area contributed by atoms with Crippen molar-refractivity contribution in [2.75, 3.05) is 13.1 Å². The van der Waals surface area contributed by atoms with Crippen LogP contribution < -0.4 is 0 Å². The third-order valence-corrected chi connectivity index (χ3v) is 4.45. The summed E-state index contributed by atoms with van der Waals surface area (Å²) in [5.41, 5.74) is 0.494. The topological polar surface area (TPSA) is 3.24 Å². The molecule has 0 saturated carbocycles. The lowest BCUT2D eigenvalue weighted by Crippen LogP contribution is -2.48. The lowest BCUT2D eigenvalue weighted by molar-refractivity contribution is 0.0670. The average Bonchev–Trinajstić information content (AvgIpc) is 2.35. The van der Waals surface area contributed by atoms with Gasteiger partial charge in [-0.1, -0.05) is 46.0 Å². The van der Waals surface area contributed by atoms with Gasteiger partial charge in [0.25, 0.3) is 0 Å². The van der Waals surface area contributed by atoms with Gasteiger partial charge in [-0.05, 0) is 45.7 Å². The molecule has 1 aliphatic heterocycles. The lowest BCUT2D eigenvalue weighted by atomic mass is 9.87. The summed E-state index contributed by atoms with van der Waals surface area (Å²) in [7, 11) is 0. The van der Waals surface area contributed by atoms with Crippen LogP contribution in [-0.2, 0) is 0 Å². The Morgan fingerprint density at radius 1 is 0.938 bits per heavy atom. The summed E-state index contributed by atoms with van der Waals surface area (Å²) in [4.78, 5) is 2.77. The molecule has 0 aliphatic carbocycles. The van der Waals surface area contributed by atoms with Crippen molar-refractivity contribution in [3.05, 3.63) is 0 Å². The highest BCUT2D eigenvalue weighted by molar-refractivity contribution is 4.86. The molecular formula is C15H31N. The number of piperidine rings is 1. The van der Waals surface area contributed by atoms with Gasteiger partial charge in [-0.15, -0.1) is 0 Å². The van der Waals surface area contributed by atoms with E-state index in [0.29, 0.717) is 5.54 Å². The van der Waals surface area contributed by atoms with Crippen molar-refractivity contribution in [2.45, 2.75) is 84.1 Å². The van der Waals surface area contributed by atoms with Crippen LogP contribution >= 0.6 is 0 Å². The second-order valence-electron chi connectivity index (χ2n) is 5.71. The fourth-order valence-corrected chi connectivity index (χ4v) is 2.92. The minimum absolute atomic E-state index is 0.494.